The maximum absolute atomic E-state index is 12.4. The summed E-state index contributed by atoms with van der Waals surface area (Å²) < 4.78 is 37.1. The van der Waals surface area contributed by atoms with E-state index in [0.717, 1.165) is 35.4 Å². The van der Waals surface area contributed by atoms with Crippen molar-refractivity contribution in [3.63, 3.8) is 0 Å². The standard InChI is InChI=1S/C16H15F3N2OS/c17-16(18,19)14-8-7-12(11-21-14)15(22)20-9-4-10-23-13-5-2-1-3-6-13/h1-3,5-8,11H,4,9-10H2,(H,20,22). The SMILES string of the molecule is O=C(NCCCSc1ccccc1)c1ccc(C(F)(F)F)nc1. The van der Waals surface area contributed by atoms with Crippen LogP contribution in [0.4, 0.5) is 13.2 Å². The van der Waals surface area contributed by atoms with Gasteiger partial charge in [-0.2, -0.15) is 13.2 Å². The smallest absolute Gasteiger partial charge is 0.352 e. The summed E-state index contributed by atoms with van der Waals surface area (Å²) in [7, 11) is 0. The first-order valence-electron chi connectivity index (χ1n) is 6.96. The normalized spacial score (nSPS) is 11.3. The van der Waals surface area contributed by atoms with Crippen molar-refractivity contribution in [1.29, 1.82) is 0 Å². The van der Waals surface area contributed by atoms with Crippen LogP contribution in [0.15, 0.2) is 53.6 Å². The van der Waals surface area contributed by atoms with Crippen molar-refractivity contribution in [2.75, 3.05) is 12.3 Å². The van der Waals surface area contributed by atoms with Crippen LogP contribution in [0.25, 0.3) is 0 Å². The Morgan fingerprint density at radius 1 is 1.13 bits per heavy atom. The molecule has 0 fully saturated rings. The van der Waals surface area contributed by atoms with E-state index in [-0.39, 0.29) is 5.56 Å². The van der Waals surface area contributed by atoms with Gasteiger partial charge in [-0.3, -0.25) is 9.78 Å². The number of nitrogens with zero attached hydrogens (tertiary/aromatic N) is 1. The highest BCUT2D eigenvalue weighted by atomic mass is 32.2. The van der Waals surface area contributed by atoms with Gasteiger partial charge in [0.25, 0.3) is 5.91 Å². The molecule has 7 heteroatoms. The Morgan fingerprint density at radius 3 is 2.48 bits per heavy atom. The number of carbonyl (C=O) groups excluding carboxylic acids is 1. The monoisotopic (exact) mass is 340 g/mol. The van der Waals surface area contributed by atoms with Crippen LogP contribution < -0.4 is 5.32 Å². The van der Waals surface area contributed by atoms with Crippen molar-refractivity contribution in [2.24, 2.45) is 0 Å². The number of nitrogens with one attached hydrogen (secondary N) is 1. The van der Waals surface area contributed by atoms with E-state index in [4.69, 9.17) is 0 Å². The zero-order valence-corrected chi connectivity index (χ0v) is 13.0. The molecule has 122 valence electrons. The van der Waals surface area contributed by atoms with Gasteiger partial charge in [0.15, 0.2) is 0 Å². The van der Waals surface area contributed by atoms with E-state index in [1.165, 1.54) is 0 Å². The van der Waals surface area contributed by atoms with Crippen molar-refractivity contribution in [1.82, 2.24) is 10.3 Å². The number of rotatable bonds is 6. The second-order valence-electron chi connectivity index (χ2n) is 4.70. The molecule has 1 N–H and O–H groups in total. The maximum atomic E-state index is 12.4. The molecule has 0 bridgehead atoms. The number of amides is 1. The van der Waals surface area contributed by atoms with Crippen LogP contribution in [0.1, 0.15) is 22.5 Å². The number of benzene rings is 1. The van der Waals surface area contributed by atoms with Crippen molar-refractivity contribution in [2.45, 2.75) is 17.5 Å². The quantitative estimate of drug-likeness (QED) is 0.638. The van der Waals surface area contributed by atoms with Gasteiger partial charge >= 0.3 is 6.18 Å². The summed E-state index contributed by atoms with van der Waals surface area (Å²) in [6.07, 6.45) is -2.79. The zero-order chi connectivity index (χ0) is 16.7. The number of alkyl halides is 3. The predicted octanol–water partition coefficient (Wildman–Crippen LogP) is 4.01. The highest BCUT2D eigenvalue weighted by Crippen LogP contribution is 2.27. The summed E-state index contributed by atoms with van der Waals surface area (Å²) in [6.45, 7) is 0.458. The predicted molar refractivity (Wildman–Crippen MR) is 83.4 cm³/mol. The Balaban J connectivity index is 1.72. The van der Waals surface area contributed by atoms with Gasteiger partial charge in [-0.15, -0.1) is 11.8 Å². The maximum Gasteiger partial charge on any atom is 0.433 e. The van der Waals surface area contributed by atoms with Gasteiger partial charge in [-0.25, -0.2) is 0 Å². The summed E-state index contributed by atoms with van der Waals surface area (Å²) in [5.74, 6) is 0.422. The topological polar surface area (TPSA) is 42.0 Å². The molecule has 2 rings (SSSR count). The molecule has 0 radical (unpaired) electrons. The molecule has 1 heterocycles. The van der Waals surface area contributed by atoms with Crippen LogP contribution in [-0.4, -0.2) is 23.2 Å². The Kier molecular flexibility index (Phi) is 6.04. The van der Waals surface area contributed by atoms with Crippen molar-refractivity contribution in [3.8, 4) is 0 Å². The fourth-order valence-electron chi connectivity index (χ4n) is 1.78. The number of aromatic nitrogens is 1. The van der Waals surface area contributed by atoms with E-state index < -0.39 is 17.8 Å². The van der Waals surface area contributed by atoms with E-state index in [9.17, 15) is 18.0 Å². The van der Waals surface area contributed by atoms with Gasteiger partial charge < -0.3 is 5.32 Å². The fraction of sp³-hybridized carbons (Fsp3) is 0.250. The molecule has 0 saturated heterocycles. The summed E-state index contributed by atoms with van der Waals surface area (Å²) >= 11 is 1.68. The Labute approximate surface area is 136 Å². The molecule has 1 amide bonds. The molecule has 0 aliphatic rings. The van der Waals surface area contributed by atoms with E-state index in [1.807, 2.05) is 30.3 Å². The van der Waals surface area contributed by atoms with Gasteiger partial charge in [-0.05, 0) is 36.4 Å². The molecule has 0 saturated carbocycles. The Bertz CT molecular complexity index is 630. The number of halogens is 3. The van der Waals surface area contributed by atoms with E-state index in [1.54, 1.807) is 11.8 Å². The molecule has 1 aromatic carbocycles. The summed E-state index contributed by atoms with van der Waals surface area (Å²) in [4.78, 5) is 16.2. The lowest BCUT2D eigenvalue weighted by atomic mass is 10.2. The molecule has 0 unspecified atom stereocenters. The molecule has 23 heavy (non-hydrogen) atoms. The molecule has 3 nitrogen and oxygen atoms in total. The molecule has 2 aromatic rings. The molecule has 0 spiro atoms. The second-order valence-corrected chi connectivity index (χ2v) is 5.87. The van der Waals surface area contributed by atoms with Crippen LogP contribution in [0, 0.1) is 0 Å². The third-order valence-corrected chi connectivity index (χ3v) is 4.03. The van der Waals surface area contributed by atoms with Crippen LogP contribution in [0.2, 0.25) is 0 Å². The Hall–Kier alpha value is -2.02. The highest BCUT2D eigenvalue weighted by molar-refractivity contribution is 7.99. The van der Waals surface area contributed by atoms with Gasteiger partial charge in [0.1, 0.15) is 5.69 Å². The summed E-state index contributed by atoms with van der Waals surface area (Å²) in [5.41, 5.74) is -0.887. The first kappa shape index (κ1) is 17.3. The minimum absolute atomic E-state index is 0.119. The van der Waals surface area contributed by atoms with E-state index >= 15 is 0 Å². The first-order chi connectivity index (χ1) is 11.0. The van der Waals surface area contributed by atoms with Gasteiger partial charge in [-0.1, -0.05) is 18.2 Å². The van der Waals surface area contributed by atoms with Crippen LogP contribution >= 0.6 is 11.8 Å². The number of carbonyl (C=O) groups is 1. The summed E-state index contributed by atoms with van der Waals surface area (Å²) in [5, 5.41) is 2.67. The number of thioether (sulfide) groups is 1. The molecular weight excluding hydrogens is 325 g/mol. The second kappa shape index (κ2) is 8.01. The fourth-order valence-corrected chi connectivity index (χ4v) is 2.65. The molecule has 1 aromatic heterocycles. The number of hydrogen-bond donors (Lipinski definition) is 1. The minimum Gasteiger partial charge on any atom is -0.352 e. The number of pyridine rings is 1. The van der Waals surface area contributed by atoms with E-state index in [2.05, 4.69) is 10.3 Å². The minimum atomic E-state index is -4.50. The van der Waals surface area contributed by atoms with Gasteiger partial charge in [0.2, 0.25) is 0 Å². The van der Waals surface area contributed by atoms with Crippen LogP contribution in [0.3, 0.4) is 0 Å². The van der Waals surface area contributed by atoms with E-state index in [0.29, 0.717) is 6.54 Å². The lowest BCUT2D eigenvalue weighted by Crippen LogP contribution is -2.25. The number of hydrogen-bond acceptors (Lipinski definition) is 3. The Morgan fingerprint density at radius 2 is 1.87 bits per heavy atom. The average molecular weight is 340 g/mol. The van der Waals surface area contributed by atoms with Gasteiger partial charge in [0.05, 0.1) is 5.56 Å². The third kappa shape index (κ3) is 5.59. The van der Waals surface area contributed by atoms with Crippen molar-refractivity contribution >= 4 is 17.7 Å². The molecular formula is C16H15F3N2OS. The zero-order valence-electron chi connectivity index (χ0n) is 12.1. The largest absolute Gasteiger partial charge is 0.433 e. The third-order valence-electron chi connectivity index (χ3n) is 2.93. The lowest BCUT2D eigenvalue weighted by molar-refractivity contribution is -0.141. The van der Waals surface area contributed by atoms with Crippen molar-refractivity contribution in [3.05, 3.63) is 59.9 Å². The summed E-state index contributed by atoms with van der Waals surface area (Å²) in [6, 6.07) is 11.8. The van der Waals surface area contributed by atoms with Crippen molar-refractivity contribution < 1.29 is 18.0 Å². The van der Waals surface area contributed by atoms with Gasteiger partial charge in [0, 0.05) is 17.6 Å². The highest BCUT2D eigenvalue weighted by Gasteiger charge is 2.32. The first-order valence-corrected chi connectivity index (χ1v) is 7.94. The molecule has 0 atom stereocenters. The van der Waals surface area contributed by atoms with Crippen LogP contribution in [0.5, 0.6) is 0 Å². The molecule has 0 aliphatic carbocycles. The lowest BCUT2D eigenvalue weighted by Gasteiger charge is -2.07. The van der Waals surface area contributed by atoms with Crippen LogP contribution in [-0.2, 0) is 6.18 Å². The molecule has 0 aliphatic heterocycles. The average Bonchev–Trinajstić information content (AvgIpc) is 2.54.